The summed E-state index contributed by atoms with van der Waals surface area (Å²) in [7, 11) is 0. The van der Waals surface area contributed by atoms with E-state index in [1.165, 1.54) is 6.92 Å². The fraction of sp³-hybridized carbons (Fsp3) is 0.364. The van der Waals surface area contributed by atoms with Gasteiger partial charge in [-0.2, -0.15) is 0 Å². The van der Waals surface area contributed by atoms with Crippen LogP contribution in [0.5, 0.6) is 0 Å². The number of carbonyl (C=O) groups is 2. The largest absolute Gasteiger partial charge is 0.388 e. The van der Waals surface area contributed by atoms with Crippen molar-refractivity contribution in [1.29, 1.82) is 0 Å². The first-order chi connectivity index (χ1) is 13.0. The summed E-state index contributed by atoms with van der Waals surface area (Å²) in [4.78, 5) is 26.1. The molecule has 5 heteroatoms. The second-order valence-electron chi connectivity index (χ2n) is 7.12. The fourth-order valence-electron chi connectivity index (χ4n) is 3.64. The van der Waals surface area contributed by atoms with Gasteiger partial charge in [0.25, 0.3) is 0 Å². The Bertz CT molecular complexity index is 783. The maximum Gasteiger partial charge on any atom is 0.238 e. The zero-order valence-corrected chi connectivity index (χ0v) is 15.6. The van der Waals surface area contributed by atoms with Gasteiger partial charge in [-0.15, -0.1) is 0 Å². The Labute approximate surface area is 160 Å². The SMILES string of the molecule is CC(=O)c1ccccc1NC(=O)CN1CCC(C(O)c2ccccc2)CC1. The molecule has 0 bridgehead atoms. The molecule has 1 aliphatic heterocycles. The van der Waals surface area contributed by atoms with Crippen LogP contribution in [0.2, 0.25) is 0 Å². The van der Waals surface area contributed by atoms with Crippen LogP contribution in [0.25, 0.3) is 0 Å². The van der Waals surface area contributed by atoms with Crippen molar-refractivity contribution < 1.29 is 14.7 Å². The van der Waals surface area contributed by atoms with Crippen molar-refractivity contribution in [3.63, 3.8) is 0 Å². The van der Waals surface area contributed by atoms with Gasteiger partial charge in [-0.25, -0.2) is 0 Å². The number of carbonyl (C=O) groups excluding carboxylic acids is 2. The van der Waals surface area contributed by atoms with Crippen LogP contribution in [0.15, 0.2) is 54.6 Å². The molecular formula is C22H26N2O3. The van der Waals surface area contributed by atoms with Crippen LogP contribution in [-0.2, 0) is 4.79 Å². The fourth-order valence-corrected chi connectivity index (χ4v) is 3.64. The van der Waals surface area contributed by atoms with E-state index in [1.54, 1.807) is 24.3 Å². The maximum absolute atomic E-state index is 12.4. The number of Topliss-reactive ketones (excluding diaryl/α,β-unsaturated/α-hetero) is 1. The number of nitrogens with zero attached hydrogens (tertiary/aromatic N) is 1. The average Bonchev–Trinajstić information content (AvgIpc) is 2.69. The van der Waals surface area contributed by atoms with E-state index >= 15 is 0 Å². The summed E-state index contributed by atoms with van der Waals surface area (Å²) >= 11 is 0. The number of amides is 1. The van der Waals surface area contributed by atoms with Gasteiger partial charge < -0.3 is 10.4 Å². The number of piperidine rings is 1. The number of benzene rings is 2. The first kappa shape index (κ1) is 19.3. The molecule has 0 saturated carbocycles. The summed E-state index contributed by atoms with van der Waals surface area (Å²) in [6.45, 7) is 3.33. The normalized spacial score (nSPS) is 16.7. The van der Waals surface area contributed by atoms with Crippen LogP contribution in [0, 0.1) is 5.92 Å². The third kappa shape index (κ3) is 5.02. The van der Waals surface area contributed by atoms with Gasteiger partial charge in [0.05, 0.1) is 18.3 Å². The molecule has 1 heterocycles. The van der Waals surface area contributed by atoms with E-state index < -0.39 is 6.10 Å². The van der Waals surface area contributed by atoms with Gasteiger partial charge in [0, 0.05) is 5.56 Å². The van der Waals surface area contributed by atoms with Gasteiger partial charge in [0.15, 0.2) is 5.78 Å². The molecule has 5 nitrogen and oxygen atoms in total. The van der Waals surface area contributed by atoms with Crippen molar-refractivity contribution >= 4 is 17.4 Å². The molecule has 2 aromatic carbocycles. The molecule has 0 radical (unpaired) electrons. The minimum absolute atomic E-state index is 0.0680. The van der Waals surface area contributed by atoms with Gasteiger partial charge in [0.1, 0.15) is 0 Å². The lowest BCUT2D eigenvalue weighted by Crippen LogP contribution is -2.40. The van der Waals surface area contributed by atoms with E-state index in [9.17, 15) is 14.7 Å². The van der Waals surface area contributed by atoms with Crippen LogP contribution in [0.3, 0.4) is 0 Å². The highest BCUT2D eigenvalue weighted by molar-refractivity contribution is 6.04. The van der Waals surface area contributed by atoms with Crippen molar-refractivity contribution in [2.45, 2.75) is 25.9 Å². The topological polar surface area (TPSA) is 69.6 Å². The molecule has 1 atom stereocenters. The molecule has 1 fully saturated rings. The molecule has 1 saturated heterocycles. The predicted molar refractivity (Wildman–Crippen MR) is 106 cm³/mol. The molecule has 1 unspecified atom stereocenters. The van der Waals surface area contributed by atoms with Gasteiger partial charge in [-0.05, 0) is 56.5 Å². The van der Waals surface area contributed by atoms with E-state index in [2.05, 4.69) is 10.2 Å². The van der Waals surface area contributed by atoms with Crippen molar-refractivity contribution in [1.82, 2.24) is 4.90 Å². The second kappa shape index (κ2) is 8.93. The standard InChI is InChI=1S/C22H26N2O3/c1-16(25)19-9-5-6-10-20(19)23-21(26)15-24-13-11-18(12-14-24)22(27)17-7-3-2-4-8-17/h2-10,18,22,27H,11-15H2,1H3,(H,23,26). The van der Waals surface area contributed by atoms with E-state index in [1.807, 2.05) is 30.3 Å². The molecule has 1 amide bonds. The third-order valence-corrected chi connectivity index (χ3v) is 5.17. The Morgan fingerprint density at radius 3 is 2.37 bits per heavy atom. The van der Waals surface area contributed by atoms with E-state index in [-0.39, 0.29) is 17.6 Å². The van der Waals surface area contributed by atoms with Crippen LogP contribution in [-0.4, -0.2) is 41.3 Å². The summed E-state index contributed by atoms with van der Waals surface area (Å²) in [6, 6.07) is 16.8. The Kier molecular flexibility index (Phi) is 6.37. The van der Waals surface area contributed by atoms with Crippen molar-refractivity contribution in [2.75, 3.05) is 25.0 Å². The van der Waals surface area contributed by atoms with E-state index in [4.69, 9.17) is 0 Å². The predicted octanol–water partition coefficient (Wildman–Crippen LogP) is 3.27. The second-order valence-corrected chi connectivity index (χ2v) is 7.12. The molecule has 0 aromatic heterocycles. The summed E-state index contributed by atoms with van der Waals surface area (Å²) in [6.07, 6.45) is 1.26. The lowest BCUT2D eigenvalue weighted by atomic mass is 9.87. The molecular weight excluding hydrogens is 340 g/mol. The molecule has 142 valence electrons. The van der Waals surface area contributed by atoms with E-state index in [0.29, 0.717) is 17.8 Å². The lowest BCUT2D eigenvalue weighted by molar-refractivity contribution is -0.117. The van der Waals surface area contributed by atoms with Gasteiger partial charge in [-0.1, -0.05) is 42.5 Å². The summed E-state index contributed by atoms with van der Waals surface area (Å²) in [5.74, 6) is 0.0255. The Hall–Kier alpha value is -2.50. The molecule has 2 N–H and O–H groups in total. The number of anilines is 1. The highest BCUT2D eigenvalue weighted by atomic mass is 16.3. The zero-order valence-electron chi connectivity index (χ0n) is 15.6. The van der Waals surface area contributed by atoms with Gasteiger partial charge >= 0.3 is 0 Å². The van der Waals surface area contributed by atoms with Crippen LogP contribution in [0.4, 0.5) is 5.69 Å². The van der Waals surface area contributed by atoms with Crippen molar-refractivity contribution in [2.24, 2.45) is 5.92 Å². The molecule has 0 aliphatic carbocycles. The third-order valence-electron chi connectivity index (χ3n) is 5.17. The summed E-state index contributed by atoms with van der Waals surface area (Å²) in [5, 5.41) is 13.4. The number of rotatable bonds is 6. The first-order valence-electron chi connectivity index (χ1n) is 9.40. The Balaban J connectivity index is 1.51. The number of likely N-dealkylation sites (tertiary alicyclic amines) is 1. The smallest absolute Gasteiger partial charge is 0.238 e. The highest BCUT2D eigenvalue weighted by Crippen LogP contribution is 2.30. The number of para-hydroxylation sites is 1. The van der Waals surface area contributed by atoms with Crippen LogP contribution >= 0.6 is 0 Å². The van der Waals surface area contributed by atoms with Crippen molar-refractivity contribution in [3.8, 4) is 0 Å². The molecule has 3 rings (SSSR count). The number of ketones is 1. The Morgan fingerprint density at radius 1 is 1.07 bits per heavy atom. The zero-order chi connectivity index (χ0) is 19.2. The number of hydrogen-bond acceptors (Lipinski definition) is 4. The lowest BCUT2D eigenvalue weighted by Gasteiger charge is -2.34. The summed E-state index contributed by atoms with van der Waals surface area (Å²) < 4.78 is 0. The number of aliphatic hydroxyl groups excluding tert-OH is 1. The number of aliphatic hydroxyl groups is 1. The number of hydrogen-bond donors (Lipinski definition) is 2. The number of nitrogens with one attached hydrogen (secondary N) is 1. The monoisotopic (exact) mass is 366 g/mol. The van der Waals surface area contributed by atoms with Crippen molar-refractivity contribution in [3.05, 3.63) is 65.7 Å². The molecule has 2 aromatic rings. The van der Waals surface area contributed by atoms with Gasteiger partial charge in [0.2, 0.25) is 5.91 Å². The minimum Gasteiger partial charge on any atom is -0.388 e. The maximum atomic E-state index is 12.4. The van der Waals surface area contributed by atoms with Crippen LogP contribution < -0.4 is 5.32 Å². The van der Waals surface area contributed by atoms with Crippen LogP contribution in [0.1, 0.15) is 41.8 Å². The van der Waals surface area contributed by atoms with Gasteiger partial charge in [-0.3, -0.25) is 14.5 Å². The molecule has 27 heavy (non-hydrogen) atoms. The minimum atomic E-state index is -0.454. The quantitative estimate of drug-likeness (QED) is 0.770. The van der Waals surface area contributed by atoms with E-state index in [0.717, 1.165) is 31.5 Å². The first-order valence-corrected chi connectivity index (χ1v) is 9.40. The molecule has 1 aliphatic rings. The molecule has 0 spiro atoms. The highest BCUT2D eigenvalue weighted by Gasteiger charge is 2.27. The average molecular weight is 366 g/mol. The Morgan fingerprint density at radius 2 is 1.70 bits per heavy atom. The summed E-state index contributed by atoms with van der Waals surface area (Å²) in [5.41, 5.74) is 2.04.